The minimum atomic E-state index is -1.33. The van der Waals surface area contributed by atoms with Crippen LogP contribution in [-0.2, 0) is 4.79 Å². The van der Waals surface area contributed by atoms with Gasteiger partial charge in [-0.25, -0.2) is 9.59 Å². The number of fused-ring (bicyclic) bond motifs is 2. The maximum absolute atomic E-state index is 12.4. The summed E-state index contributed by atoms with van der Waals surface area (Å²) in [5.74, 6) is -0.472. The Bertz CT molecular complexity index is 840. The Morgan fingerprint density at radius 3 is 2.37 bits per heavy atom. The number of halogens is 2. The zero-order valence-corrected chi connectivity index (χ0v) is 18.7. The molecule has 4 N–H and O–H groups in total. The normalized spacial score (nSPS) is 27.4. The number of hydrogen-bond acceptors (Lipinski definition) is 3. The molecule has 3 amide bonds. The van der Waals surface area contributed by atoms with E-state index in [2.05, 4.69) is 36.7 Å². The van der Waals surface area contributed by atoms with E-state index in [9.17, 15) is 19.5 Å². The van der Waals surface area contributed by atoms with Crippen molar-refractivity contribution in [2.75, 3.05) is 6.54 Å². The molecule has 3 fully saturated rings. The van der Waals surface area contributed by atoms with E-state index in [1.54, 1.807) is 6.07 Å². The fourth-order valence-corrected chi connectivity index (χ4v) is 5.47. The first-order valence-corrected chi connectivity index (χ1v) is 10.8. The summed E-state index contributed by atoms with van der Waals surface area (Å²) in [7, 11) is 0. The number of hydrogen-bond donors (Lipinski definition) is 4. The molecular weight excluding hydrogens is 429 g/mol. The second-order valence-electron chi connectivity index (χ2n) is 8.88. The van der Waals surface area contributed by atoms with E-state index in [0.717, 1.165) is 6.42 Å². The maximum Gasteiger partial charge on any atom is 0.328 e. The number of benzene rings is 1. The van der Waals surface area contributed by atoms with Gasteiger partial charge in [0.05, 0.1) is 22.2 Å². The van der Waals surface area contributed by atoms with E-state index < -0.39 is 23.9 Å². The quantitative estimate of drug-likeness (QED) is 0.525. The van der Waals surface area contributed by atoms with Crippen LogP contribution >= 0.6 is 23.2 Å². The molecule has 7 nitrogen and oxygen atoms in total. The van der Waals surface area contributed by atoms with Gasteiger partial charge < -0.3 is 21.1 Å². The Morgan fingerprint density at radius 2 is 1.83 bits per heavy atom. The van der Waals surface area contributed by atoms with Crippen LogP contribution in [0.25, 0.3) is 0 Å². The second-order valence-corrected chi connectivity index (χ2v) is 9.69. The molecule has 3 aliphatic rings. The number of aliphatic carboxylic acids is 1. The van der Waals surface area contributed by atoms with E-state index in [-0.39, 0.29) is 28.2 Å². The summed E-state index contributed by atoms with van der Waals surface area (Å²) >= 11 is 12.0. The number of carbonyl (C=O) groups excluding carboxylic acids is 2. The van der Waals surface area contributed by atoms with Crippen molar-refractivity contribution in [1.82, 2.24) is 16.0 Å². The highest BCUT2D eigenvalue weighted by atomic mass is 35.5. The van der Waals surface area contributed by atoms with Crippen molar-refractivity contribution in [3.8, 4) is 0 Å². The summed E-state index contributed by atoms with van der Waals surface area (Å²) in [6.45, 7) is 6.45. The van der Waals surface area contributed by atoms with Crippen LogP contribution in [0.3, 0.4) is 0 Å². The molecule has 4 unspecified atom stereocenters. The van der Waals surface area contributed by atoms with Gasteiger partial charge in [-0.15, -0.1) is 0 Å². The molecule has 30 heavy (non-hydrogen) atoms. The number of carbonyl (C=O) groups is 3. The molecule has 9 heteroatoms. The van der Waals surface area contributed by atoms with Crippen LogP contribution in [0.1, 0.15) is 44.0 Å². The van der Waals surface area contributed by atoms with E-state index in [0.29, 0.717) is 23.2 Å². The van der Waals surface area contributed by atoms with Crippen LogP contribution in [0.2, 0.25) is 10.0 Å². The standard InChI is InChI=1S/C21H27Cl2N3O4/c1-10-12-7-11(21(12,2)3)8-15(10)26-20(30)24-9-16(19(28)29)25-18(27)17-13(22)5-4-6-14(17)23/h4-6,10-12,15-16H,7-9H2,1-3H3,(H,25,27)(H,28,29)(H2,24,26,30)/t10?,11?,12?,15?,16-/m0/s1. The van der Waals surface area contributed by atoms with Gasteiger partial charge in [-0.2, -0.15) is 0 Å². The van der Waals surface area contributed by atoms with Gasteiger partial charge in [0.2, 0.25) is 0 Å². The molecule has 0 aliphatic heterocycles. The lowest BCUT2D eigenvalue weighted by Crippen LogP contribution is -2.62. The van der Waals surface area contributed by atoms with Gasteiger partial charge in [0.15, 0.2) is 0 Å². The first kappa shape index (κ1) is 22.7. The summed E-state index contributed by atoms with van der Waals surface area (Å²) in [5.41, 5.74) is 0.307. The SMILES string of the molecule is CC1C(NC(=O)NC[C@H](NC(=O)c2c(Cl)cccc2Cl)C(=O)O)CC2CC1C2(C)C. The second kappa shape index (κ2) is 8.63. The molecule has 0 spiro atoms. The van der Waals surface area contributed by atoms with Crippen molar-refractivity contribution in [2.45, 2.75) is 45.7 Å². The molecule has 0 heterocycles. The fourth-order valence-electron chi connectivity index (χ4n) is 4.90. The third-order valence-corrected chi connectivity index (χ3v) is 7.56. The number of nitrogens with one attached hydrogen (secondary N) is 3. The summed E-state index contributed by atoms with van der Waals surface area (Å²) in [5, 5.41) is 17.5. The van der Waals surface area contributed by atoms with Crippen LogP contribution < -0.4 is 16.0 Å². The first-order chi connectivity index (χ1) is 14.0. The minimum absolute atomic E-state index is 0.00518. The summed E-state index contributed by atoms with van der Waals surface area (Å²) in [4.78, 5) is 36.4. The van der Waals surface area contributed by atoms with Gasteiger partial charge in [-0.05, 0) is 48.1 Å². The predicted molar refractivity (Wildman–Crippen MR) is 115 cm³/mol. The molecule has 0 saturated heterocycles. The molecule has 1 aromatic carbocycles. The minimum Gasteiger partial charge on any atom is -0.480 e. The third kappa shape index (κ3) is 4.37. The van der Waals surface area contributed by atoms with E-state index in [1.165, 1.54) is 18.6 Å². The van der Waals surface area contributed by atoms with Gasteiger partial charge in [0.1, 0.15) is 6.04 Å². The Labute approximate surface area is 185 Å². The lowest BCUT2D eigenvalue weighted by Gasteiger charge is -2.62. The molecular formula is C21H27Cl2N3O4. The van der Waals surface area contributed by atoms with Crippen molar-refractivity contribution in [2.24, 2.45) is 23.2 Å². The average Bonchev–Trinajstić information content (AvgIpc) is 2.65. The van der Waals surface area contributed by atoms with Crippen molar-refractivity contribution in [3.05, 3.63) is 33.8 Å². The summed E-state index contributed by atoms with van der Waals surface area (Å²) in [6, 6.07) is 2.84. The number of urea groups is 1. The summed E-state index contributed by atoms with van der Waals surface area (Å²) < 4.78 is 0. The molecule has 3 aliphatic carbocycles. The van der Waals surface area contributed by atoms with Crippen LogP contribution in [-0.4, -0.2) is 41.6 Å². The number of rotatable bonds is 6. The van der Waals surface area contributed by atoms with Gasteiger partial charge in [-0.1, -0.05) is 50.0 Å². The van der Waals surface area contributed by atoms with Gasteiger partial charge in [0.25, 0.3) is 5.91 Å². The van der Waals surface area contributed by atoms with E-state index in [1.807, 2.05) is 0 Å². The van der Waals surface area contributed by atoms with Crippen molar-refractivity contribution in [3.63, 3.8) is 0 Å². The number of carboxylic acid groups (broad SMARTS) is 1. The fraction of sp³-hybridized carbons (Fsp3) is 0.571. The molecule has 4 rings (SSSR count). The molecule has 2 bridgehead atoms. The van der Waals surface area contributed by atoms with E-state index >= 15 is 0 Å². The van der Waals surface area contributed by atoms with Gasteiger partial charge in [0, 0.05) is 6.04 Å². The molecule has 1 aromatic rings. The van der Waals surface area contributed by atoms with Crippen LogP contribution in [0, 0.1) is 23.2 Å². The number of amides is 3. The molecule has 5 atom stereocenters. The Morgan fingerprint density at radius 1 is 1.20 bits per heavy atom. The lowest BCUT2D eigenvalue weighted by atomic mass is 9.45. The predicted octanol–water partition coefficient (Wildman–Crippen LogP) is 3.55. The first-order valence-electron chi connectivity index (χ1n) is 10.0. The molecule has 164 valence electrons. The maximum atomic E-state index is 12.4. The van der Waals surface area contributed by atoms with Crippen molar-refractivity contribution in [1.29, 1.82) is 0 Å². The Kier molecular flexibility index (Phi) is 6.53. The van der Waals surface area contributed by atoms with Crippen molar-refractivity contribution < 1.29 is 19.5 Å². The molecule has 0 radical (unpaired) electrons. The van der Waals surface area contributed by atoms with Gasteiger partial charge in [-0.3, -0.25) is 4.79 Å². The van der Waals surface area contributed by atoms with Crippen LogP contribution in [0.15, 0.2) is 18.2 Å². The lowest BCUT2D eigenvalue weighted by molar-refractivity contribution is -0.139. The number of carboxylic acids is 1. The highest BCUT2D eigenvalue weighted by Crippen LogP contribution is 2.61. The van der Waals surface area contributed by atoms with Gasteiger partial charge >= 0.3 is 12.0 Å². The third-order valence-electron chi connectivity index (χ3n) is 6.93. The Balaban J connectivity index is 1.54. The zero-order chi connectivity index (χ0) is 22.2. The Hall–Kier alpha value is -1.99. The largest absolute Gasteiger partial charge is 0.480 e. The molecule has 0 aromatic heterocycles. The highest BCUT2D eigenvalue weighted by molar-refractivity contribution is 6.39. The topological polar surface area (TPSA) is 108 Å². The van der Waals surface area contributed by atoms with E-state index in [4.69, 9.17) is 23.2 Å². The monoisotopic (exact) mass is 455 g/mol. The summed E-state index contributed by atoms with van der Waals surface area (Å²) in [6.07, 6.45) is 2.12. The molecule has 3 saturated carbocycles. The zero-order valence-electron chi connectivity index (χ0n) is 17.2. The van der Waals surface area contributed by atoms with Crippen LogP contribution in [0.5, 0.6) is 0 Å². The smallest absolute Gasteiger partial charge is 0.328 e. The highest BCUT2D eigenvalue weighted by Gasteiger charge is 2.56. The van der Waals surface area contributed by atoms with Crippen molar-refractivity contribution >= 4 is 41.1 Å². The average molecular weight is 456 g/mol. The van der Waals surface area contributed by atoms with Crippen LogP contribution in [0.4, 0.5) is 4.79 Å².